The van der Waals surface area contributed by atoms with Crippen LogP contribution in [0.25, 0.3) is 0 Å². The molecule has 354 valence electrons. The van der Waals surface area contributed by atoms with Gasteiger partial charge in [-0.1, -0.05) is 71.9 Å². The minimum atomic E-state index is -1.94. The zero-order valence-electron chi connectivity index (χ0n) is 37.8. The number of aliphatic hydroxyl groups is 1. The molecule has 1 aromatic carbocycles. The predicted molar refractivity (Wildman–Crippen MR) is 229 cm³/mol. The fraction of sp³-hybridized carbons (Fsp3) is 0.605. The summed E-state index contributed by atoms with van der Waals surface area (Å²) < 4.78 is 5.50. The van der Waals surface area contributed by atoms with Crippen molar-refractivity contribution in [3.63, 3.8) is 0 Å². The van der Waals surface area contributed by atoms with E-state index in [0.717, 1.165) is 6.92 Å². The third kappa shape index (κ3) is 17.5. The van der Waals surface area contributed by atoms with E-state index < -0.39 is 132 Å². The Kier molecular flexibility index (Phi) is 21.2. The molecule has 1 aliphatic heterocycles. The summed E-state index contributed by atoms with van der Waals surface area (Å²) in [6.07, 6.45) is -4.31. The number of ether oxygens (including phenoxy) is 1. The lowest BCUT2D eigenvalue weighted by Gasteiger charge is -2.31. The molecule has 21 nitrogen and oxygen atoms in total. The van der Waals surface area contributed by atoms with E-state index in [1.807, 2.05) is 13.8 Å². The number of benzene rings is 1. The van der Waals surface area contributed by atoms with Gasteiger partial charge >= 0.3 is 5.97 Å². The maximum absolute atomic E-state index is 14.2. The lowest BCUT2D eigenvalue weighted by Crippen LogP contribution is -2.63. The Hall–Kier alpha value is -6.25. The normalized spacial score (nSPS) is 23.3. The van der Waals surface area contributed by atoms with E-state index in [1.165, 1.54) is 13.8 Å². The average Bonchev–Trinajstić information content (AvgIpc) is 3.18. The van der Waals surface area contributed by atoms with Crippen molar-refractivity contribution >= 4 is 64.8 Å². The average molecular weight is 901 g/mol. The van der Waals surface area contributed by atoms with Gasteiger partial charge in [0.1, 0.15) is 42.4 Å². The third-order valence-electron chi connectivity index (χ3n) is 9.79. The van der Waals surface area contributed by atoms with Gasteiger partial charge in [0.05, 0.1) is 18.6 Å². The van der Waals surface area contributed by atoms with E-state index in [0.29, 0.717) is 5.56 Å². The van der Waals surface area contributed by atoms with Crippen LogP contribution in [0.1, 0.15) is 93.6 Å². The number of carbonyl (C=O) groups excluding carboxylic acids is 11. The molecule has 0 saturated carbocycles. The number of cyclic esters (lactones) is 1. The summed E-state index contributed by atoms with van der Waals surface area (Å²) in [5.74, 6) is -13.4. The standard InChI is InChI=1S/C43H64N8O13/c1-20(2)15-27-35(55)36(56)42(62)49-28(16-21(3)4)38(58)48-30(19-31(44)53)37(57)45-23(7)43(63)64-25(9)34(41(61)47-27)51-40(60)33(24(8)52)50-39(59)29(46-32(54)17-22(5)6)18-26-13-11-10-12-14-26/h10-14,20-25,27-30,33-34,52H,15-19H2,1-9H3,(H2,44,53)(H,45,57)(H,46,54)(H,47,61)(H,48,58)(H,49,62)(H,50,59)(H,51,60)/t23-,24-,25-,27+,28+,29+,30+,33+,34+/m1/s1. The van der Waals surface area contributed by atoms with Gasteiger partial charge in [-0.25, -0.2) is 4.79 Å². The van der Waals surface area contributed by atoms with Crippen LogP contribution in [0.3, 0.4) is 0 Å². The minimum Gasteiger partial charge on any atom is -0.458 e. The van der Waals surface area contributed by atoms with Crippen molar-refractivity contribution in [1.82, 2.24) is 37.2 Å². The second-order valence-electron chi connectivity index (χ2n) is 17.3. The van der Waals surface area contributed by atoms with Crippen LogP contribution in [0, 0.1) is 17.8 Å². The van der Waals surface area contributed by atoms with Crippen LogP contribution in [-0.4, -0.2) is 124 Å². The molecule has 0 radical (unpaired) electrons. The smallest absolute Gasteiger partial charge is 0.328 e. The molecule has 8 amide bonds. The Labute approximate surface area is 372 Å². The zero-order valence-corrected chi connectivity index (χ0v) is 37.8. The number of primary amides is 1. The monoisotopic (exact) mass is 900 g/mol. The molecule has 1 heterocycles. The van der Waals surface area contributed by atoms with Gasteiger partial charge in [-0.15, -0.1) is 0 Å². The summed E-state index contributed by atoms with van der Waals surface area (Å²) in [6.45, 7) is 13.8. The van der Waals surface area contributed by atoms with Crippen molar-refractivity contribution in [2.75, 3.05) is 0 Å². The van der Waals surface area contributed by atoms with Crippen molar-refractivity contribution in [1.29, 1.82) is 0 Å². The van der Waals surface area contributed by atoms with Gasteiger partial charge in [-0.2, -0.15) is 0 Å². The number of aliphatic hydroxyl groups excluding tert-OH is 1. The first kappa shape index (κ1) is 53.9. The van der Waals surface area contributed by atoms with Gasteiger partial charge < -0.3 is 52.8 Å². The number of esters is 1. The highest BCUT2D eigenvalue weighted by atomic mass is 16.5. The van der Waals surface area contributed by atoms with Crippen molar-refractivity contribution < 1.29 is 62.6 Å². The van der Waals surface area contributed by atoms with Crippen molar-refractivity contribution in [2.24, 2.45) is 23.5 Å². The Bertz CT molecular complexity index is 1890. The molecule has 64 heavy (non-hydrogen) atoms. The largest absolute Gasteiger partial charge is 0.458 e. The highest BCUT2D eigenvalue weighted by molar-refractivity contribution is 6.64. The summed E-state index contributed by atoms with van der Waals surface area (Å²) in [5.41, 5.74) is 5.99. The molecule has 0 aliphatic carbocycles. The molecule has 0 spiro atoms. The molecule has 1 saturated heterocycles. The molecule has 1 aliphatic rings. The molecule has 1 fully saturated rings. The van der Waals surface area contributed by atoms with Crippen LogP contribution in [0.5, 0.6) is 0 Å². The summed E-state index contributed by atoms with van der Waals surface area (Å²) >= 11 is 0. The van der Waals surface area contributed by atoms with Gasteiger partial charge in [0, 0.05) is 12.8 Å². The molecule has 0 bridgehead atoms. The van der Waals surface area contributed by atoms with Crippen LogP contribution in [0.4, 0.5) is 0 Å². The first-order chi connectivity index (χ1) is 29.8. The molecular formula is C43H64N8O13. The van der Waals surface area contributed by atoms with Crippen molar-refractivity contribution in [3.05, 3.63) is 35.9 Å². The van der Waals surface area contributed by atoms with Gasteiger partial charge in [0.25, 0.3) is 11.7 Å². The van der Waals surface area contributed by atoms with Crippen LogP contribution in [-0.2, 0) is 63.9 Å². The Morgan fingerprint density at radius 1 is 0.719 bits per heavy atom. The first-order valence-corrected chi connectivity index (χ1v) is 21.2. The lowest BCUT2D eigenvalue weighted by molar-refractivity contribution is -0.156. The number of hydrogen-bond donors (Lipinski definition) is 9. The number of Topliss-reactive ketones (excluding diaryl/α,β-unsaturated/α-hetero) is 2. The van der Waals surface area contributed by atoms with E-state index in [1.54, 1.807) is 58.0 Å². The molecule has 2 rings (SSSR count). The van der Waals surface area contributed by atoms with E-state index >= 15 is 0 Å². The van der Waals surface area contributed by atoms with Crippen molar-refractivity contribution in [3.8, 4) is 0 Å². The molecule has 9 atom stereocenters. The summed E-state index contributed by atoms with van der Waals surface area (Å²) in [5, 5.41) is 27.4. The Balaban J connectivity index is 2.63. The quantitative estimate of drug-likeness (QED) is 0.0649. The summed E-state index contributed by atoms with van der Waals surface area (Å²) in [4.78, 5) is 147. The van der Waals surface area contributed by atoms with Crippen LogP contribution in [0.15, 0.2) is 30.3 Å². The third-order valence-corrected chi connectivity index (χ3v) is 9.79. The maximum atomic E-state index is 14.2. The number of carbonyl (C=O) groups is 11. The number of nitrogens with one attached hydrogen (secondary N) is 7. The van der Waals surface area contributed by atoms with E-state index in [-0.39, 0.29) is 37.5 Å². The summed E-state index contributed by atoms with van der Waals surface area (Å²) in [6, 6.07) is -2.76. The summed E-state index contributed by atoms with van der Waals surface area (Å²) in [7, 11) is 0. The number of nitrogens with two attached hydrogens (primary N) is 1. The Morgan fingerprint density at radius 3 is 1.83 bits per heavy atom. The number of rotatable bonds is 16. The highest BCUT2D eigenvalue weighted by Crippen LogP contribution is 2.13. The van der Waals surface area contributed by atoms with E-state index in [4.69, 9.17) is 10.5 Å². The molecular weight excluding hydrogens is 837 g/mol. The molecule has 1 aromatic rings. The first-order valence-electron chi connectivity index (χ1n) is 21.2. The second-order valence-corrected chi connectivity index (χ2v) is 17.3. The highest BCUT2D eigenvalue weighted by Gasteiger charge is 2.40. The fourth-order valence-corrected chi connectivity index (χ4v) is 6.55. The van der Waals surface area contributed by atoms with Crippen LogP contribution < -0.4 is 43.0 Å². The topological polar surface area (TPSA) is 327 Å². The molecule has 0 aromatic heterocycles. The second kappa shape index (κ2) is 25.1. The Morgan fingerprint density at radius 2 is 1.28 bits per heavy atom. The van der Waals surface area contributed by atoms with E-state index in [2.05, 4.69) is 37.2 Å². The van der Waals surface area contributed by atoms with E-state index in [9.17, 15) is 57.8 Å². The fourth-order valence-electron chi connectivity index (χ4n) is 6.55. The lowest BCUT2D eigenvalue weighted by atomic mass is 9.96. The minimum absolute atomic E-state index is 0.00651. The molecule has 10 N–H and O–H groups in total. The predicted octanol–water partition coefficient (Wildman–Crippen LogP) is -1.88. The van der Waals surface area contributed by atoms with Gasteiger partial charge in [-0.3, -0.25) is 47.9 Å². The zero-order chi connectivity index (χ0) is 48.6. The van der Waals surface area contributed by atoms with Crippen LogP contribution in [0.2, 0.25) is 0 Å². The van der Waals surface area contributed by atoms with Gasteiger partial charge in [0.15, 0.2) is 0 Å². The molecule has 21 heteroatoms. The van der Waals surface area contributed by atoms with Crippen molar-refractivity contribution in [2.45, 2.75) is 149 Å². The number of ketones is 2. The van der Waals surface area contributed by atoms with Crippen LogP contribution >= 0.6 is 0 Å². The number of hydrogen-bond acceptors (Lipinski definition) is 13. The number of amides is 8. The SMILES string of the molecule is CC(C)CC(=O)N[C@@H](Cc1ccccc1)C(=O)N[C@H](C(=O)N[C@@H]1C(=O)N[C@@H](CC(C)C)C(=O)C(=O)C(=O)N[C@@H](CC(C)C)C(=O)N[C@@H](CC(N)=O)C(=O)N[C@H](C)C(=O)O[C@@H]1C)[C@@H](C)O. The van der Waals surface area contributed by atoms with Gasteiger partial charge in [0.2, 0.25) is 47.1 Å². The molecule has 0 unspecified atom stereocenters. The maximum Gasteiger partial charge on any atom is 0.328 e. The van der Waals surface area contributed by atoms with Gasteiger partial charge in [-0.05, 0) is 56.9 Å².